The van der Waals surface area contributed by atoms with E-state index in [1.54, 1.807) is 0 Å². The number of hydrogen-bond donors (Lipinski definition) is 0. The second-order valence-corrected chi connectivity index (χ2v) is 6.61. The molecule has 0 radical (unpaired) electrons. The quantitative estimate of drug-likeness (QED) is 0.821. The van der Waals surface area contributed by atoms with E-state index in [1.165, 1.54) is 37.2 Å². The van der Waals surface area contributed by atoms with Gasteiger partial charge < -0.3 is 0 Å². The van der Waals surface area contributed by atoms with Crippen LogP contribution in [0.2, 0.25) is 4.34 Å². The van der Waals surface area contributed by atoms with E-state index in [0.717, 1.165) is 29.2 Å². The first-order chi connectivity index (χ1) is 8.16. The summed E-state index contributed by atoms with van der Waals surface area (Å²) in [5.41, 5.74) is 0.948. The van der Waals surface area contributed by atoms with Crippen LogP contribution in [0.1, 0.15) is 45.2 Å². The molecule has 0 N–H and O–H groups in total. The van der Waals surface area contributed by atoms with E-state index in [9.17, 15) is 0 Å². The second kappa shape index (κ2) is 6.12. The van der Waals surface area contributed by atoms with Crippen molar-refractivity contribution in [3.8, 4) is 0 Å². The summed E-state index contributed by atoms with van der Waals surface area (Å²) < 4.78 is 4.66. The van der Waals surface area contributed by atoms with E-state index >= 15 is 0 Å². The van der Waals surface area contributed by atoms with Crippen LogP contribution in [-0.4, -0.2) is 27.1 Å². The van der Waals surface area contributed by atoms with Crippen molar-refractivity contribution in [3.05, 3.63) is 10.0 Å². The molecular formula is C12H20ClN3S. The van der Waals surface area contributed by atoms with Crippen molar-refractivity contribution in [1.29, 1.82) is 0 Å². The molecule has 2 rings (SSSR count). The second-order valence-electron chi connectivity index (χ2n) is 5.25. The van der Waals surface area contributed by atoms with Crippen LogP contribution >= 0.6 is 23.1 Å². The van der Waals surface area contributed by atoms with Gasteiger partial charge in [0.1, 0.15) is 10.0 Å². The van der Waals surface area contributed by atoms with Gasteiger partial charge in [-0.15, -0.1) is 5.10 Å². The summed E-state index contributed by atoms with van der Waals surface area (Å²) in [6.45, 7) is 6.52. The molecule has 0 spiro atoms. The van der Waals surface area contributed by atoms with Crippen LogP contribution in [-0.2, 0) is 6.54 Å². The molecule has 1 aliphatic carbocycles. The molecule has 1 heterocycles. The lowest BCUT2D eigenvalue weighted by Crippen LogP contribution is -2.35. The molecule has 3 nitrogen and oxygen atoms in total. The molecule has 0 saturated heterocycles. The van der Waals surface area contributed by atoms with Crippen molar-refractivity contribution < 1.29 is 0 Å². The molecule has 1 fully saturated rings. The van der Waals surface area contributed by atoms with E-state index in [0.29, 0.717) is 5.92 Å². The molecule has 1 aromatic rings. The number of hydrogen-bond acceptors (Lipinski definition) is 4. The first kappa shape index (κ1) is 13.2. The SMILES string of the molecule is CC(C)CN(Cc1nnsc1Cl)C1CCCC1. The molecule has 0 bridgehead atoms. The maximum absolute atomic E-state index is 6.09. The lowest BCUT2D eigenvalue weighted by atomic mass is 10.1. The van der Waals surface area contributed by atoms with Crippen LogP contribution in [0.5, 0.6) is 0 Å². The Hall–Kier alpha value is -0.190. The molecule has 1 saturated carbocycles. The number of aromatic nitrogens is 2. The highest BCUT2D eigenvalue weighted by Gasteiger charge is 2.24. The van der Waals surface area contributed by atoms with Gasteiger partial charge in [0.2, 0.25) is 0 Å². The Morgan fingerprint density at radius 2 is 2.12 bits per heavy atom. The molecule has 0 aliphatic heterocycles. The van der Waals surface area contributed by atoms with Crippen LogP contribution in [0.3, 0.4) is 0 Å². The Labute approximate surface area is 112 Å². The highest BCUT2D eigenvalue weighted by atomic mass is 35.5. The molecular weight excluding hydrogens is 254 g/mol. The van der Waals surface area contributed by atoms with Gasteiger partial charge in [0, 0.05) is 30.7 Å². The van der Waals surface area contributed by atoms with Gasteiger partial charge >= 0.3 is 0 Å². The van der Waals surface area contributed by atoms with Crippen molar-refractivity contribution in [3.63, 3.8) is 0 Å². The third-order valence-electron chi connectivity index (χ3n) is 3.30. The number of nitrogens with zero attached hydrogens (tertiary/aromatic N) is 3. The third-order valence-corrected chi connectivity index (χ3v) is 4.29. The predicted octanol–water partition coefficient (Wildman–Crippen LogP) is 3.59. The van der Waals surface area contributed by atoms with E-state index < -0.39 is 0 Å². The van der Waals surface area contributed by atoms with Crippen LogP contribution < -0.4 is 0 Å². The number of rotatable bonds is 5. The minimum atomic E-state index is 0.681. The standard InChI is InChI=1S/C12H20ClN3S/c1-9(2)7-16(10-5-3-4-6-10)8-11-12(13)17-15-14-11/h9-10H,3-8H2,1-2H3. The van der Waals surface area contributed by atoms with Crippen molar-refractivity contribution in [2.45, 2.75) is 52.1 Å². The predicted molar refractivity (Wildman–Crippen MR) is 72.4 cm³/mol. The van der Waals surface area contributed by atoms with E-state index in [-0.39, 0.29) is 0 Å². The molecule has 1 aliphatic rings. The van der Waals surface area contributed by atoms with Crippen LogP contribution in [0.25, 0.3) is 0 Å². The van der Waals surface area contributed by atoms with Crippen molar-refractivity contribution >= 4 is 23.1 Å². The number of halogens is 1. The summed E-state index contributed by atoms with van der Waals surface area (Å²) in [4.78, 5) is 2.54. The van der Waals surface area contributed by atoms with Gasteiger partial charge in [-0.25, -0.2) is 0 Å². The monoisotopic (exact) mass is 273 g/mol. The van der Waals surface area contributed by atoms with Crippen LogP contribution in [0.4, 0.5) is 0 Å². The minimum Gasteiger partial charge on any atom is -0.294 e. The summed E-state index contributed by atoms with van der Waals surface area (Å²) in [6.07, 6.45) is 5.37. The summed E-state index contributed by atoms with van der Waals surface area (Å²) in [6, 6.07) is 0.718. The topological polar surface area (TPSA) is 29.0 Å². The fourth-order valence-electron chi connectivity index (χ4n) is 2.56. The van der Waals surface area contributed by atoms with Crippen molar-refractivity contribution in [2.24, 2.45) is 5.92 Å². The summed E-state index contributed by atoms with van der Waals surface area (Å²) in [7, 11) is 0. The van der Waals surface area contributed by atoms with Crippen LogP contribution in [0.15, 0.2) is 0 Å². The smallest absolute Gasteiger partial charge is 0.138 e. The summed E-state index contributed by atoms with van der Waals surface area (Å²) >= 11 is 7.38. The van der Waals surface area contributed by atoms with Crippen molar-refractivity contribution in [2.75, 3.05) is 6.54 Å². The summed E-state index contributed by atoms with van der Waals surface area (Å²) in [5, 5.41) is 4.13. The lowest BCUT2D eigenvalue weighted by Gasteiger charge is -2.29. The van der Waals surface area contributed by atoms with E-state index in [4.69, 9.17) is 11.6 Å². The highest BCUT2D eigenvalue weighted by molar-refractivity contribution is 7.10. The third kappa shape index (κ3) is 3.63. The molecule has 96 valence electrons. The molecule has 0 unspecified atom stereocenters. The fourth-order valence-corrected chi connectivity index (χ4v) is 3.18. The maximum atomic E-state index is 6.09. The molecule has 5 heteroatoms. The first-order valence-electron chi connectivity index (χ1n) is 6.37. The summed E-state index contributed by atoms with van der Waals surface area (Å²) in [5.74, 6) is 0.681. The van der Waals surface area contributed by atoms with Crippen molar-refractivity contribution in [1.82, 2.24) is 14.5 Å². The average Bonchev–Trinajstić information content (AvgIpc) is 2.89. The van der Waals surface area contributed by atoms with Gasteiger partial charge in [-0.1, -0.05) is 42.8 Å². The molecule has 17 heavy (non-hydrogen) atoms. The maximum Gasteiger partial charge on any atom is 0.138 e. The Morgan fingerprint density at radius 1 is 1.41 bits per heavy atom. The van der Waals surface area contributed by atoms with Gasteiger partial charge in [0.25, 0.3) is 0 Å². The van der Waals surface area contributed by atoms with Gasteiger partial charge in [-0.3, -0.25) is 4.90 Å². The Balaban J connectivity index is 2.02. The Kier molecular flexibility index (Phi) is 4.77. The first-order valence-corrected chi connectivity index (χ1v) is 7.52. The average molecular weight is 274 g/mol. The van der Waals surface area contributed by atoms with Gasteiger partial charge in [-0.2, -0.15) is 0 Å². The van der Waals surface area contributed by atoms with E-state index in [1.807, 2.05) is 0 Å². The van der Waals surface area contributed by atoms with Gasteiger partial charge in [0.05, 0.1) is 0 Å². The normalized spacial score (nSPS) is 17.5. The highest BCUT2D eigenvalue weighted by Crippen LogP contribution is 2.27. The zero-order chi connectivity index (χ0) is 12.3. The molecule has 0 aromatic carbocycles. The molecule has 0 amide bonds. The fraction of sp³-hybridized carbons (Fsp3) is 0.833. The lowest BCUT2D eigenvalue weighted by molar-refractivity contribution is 0.166. The largest absolute Gasteiger partial charge is 0.294 e. The van der Waals surface area contributed by atoms with Crippen LogP contribution in [0, 0.1) is 5.92 Å². The van der Waals surface area contributed by atoms with Gasteiger partial charge in [-0.05, 0) is 18.8 Å². The Bertz CT molecular complexity index is 347. The van der Waals surface area contributed by atoms with Gasteiger partial charge in [0.15, 0.2) is 0 Å². The minimum absolute atomic E-state index is 0.681. The molecule has 1 aromatic heterocycles. The Morgan fingerprint density at radius 3 is 2.65 bits per heavy atom. The van der Waals surface area contributed by atoms with E-state index in [2.05, 4.69) is 28.3 Å². The zero-order valence-electron chi connectivity index (χ0n) is 10.5. The molecule has 0 atom stereocenters. The zero-order valence-corrected chi connectivity index (χ0v) is 12.1.